The van der Waals surface area contributed by atoms with E-state index in [2.05, 4.69) is 47.7 Å². The number of rotatable bonds is 7. The molecule has 132 valence electrons. The van der Waals surface area contributed by atoms with Gasteiger partial charge in [0.1, 0.15) is 0 Å². The van der Waals surface area contributed by atoms with E-state index in [0.29, 0.717) is 11.5 Å². The zero-order valence-electron chi connectivity index (χ0n) is 13.7. The molecular weight excluding hydrogens is 454 g/mol. The second kappa shape index (κ2) is 9.43. The van der Waals surface area contributed by atoms with E-state index in [1.807, 2.05) is 24.3 Å². The minimum Gasteiger partial charge on any atom is -0.493 e. The number of hydrogen-bond acceptors (Lipinski definition) is 5. The first-order valence-corrected chi connectivity index (χ1v) is 8.85. The molecule has 2 rings (SSSR count). The van der Waals surface area contributed by atoms with Crippen molar-refractivity contribution in [2.75, 3.05) is 26.1 Å². The van der Waals surface area contributed by atoms with Crippen molar-refractivity contribution < 1.29 is 14.3 Å². The number of carbonyl (C=O) groups is 1. The molecule has 0 atom stereocenters. The van der Waals surface area contributed by atoms with Crippen LogP contribution >= 0.6 is 31.9 Å². The van der Waals surface area contributed by atoms with Crippen molar-refractivity contribution in [3.05, 3.63) is 50.9 Å². The van der Waals surface area contributed by atoms with Gasteiger partial charge >= 0.3 is 0 Å². The van der Waals surface area contributed by atoms with Crippen LogP contribution in [0.5, 0.6) is 11.5 Å². The lowest BCUT2D eigenvalue weighted by atomic mass is 10.2. The average molecular weight is 471 g/mol. The Morgan fingerprint density at radius 3 is 2.56 bits per heavy atom. The average Bonchev–Trinajstić information content (AvgIpc) is 2.60. The number of anilines is 1. The van der Waals surface area contributed by atoms with Crippen molar-refractivity contribution >= 4 is 49.7 Å². The lowest BCUT2D eigenvalue weighted by Gasteiger charge is -2.08. The normalized spacial score (nSPS) is 10.6. The molecule has 2 aromatic rings. The summed E-state index contributed by atoms with van der Waals surface area (Å²) in [4.78, 5) is 11.9. The summed E-state index contributed by atoms with van der Waals surface area (Å²) in [5, 5.41) is 6.97. The largest absolute Gasteiger partial charge is 0.493 e. The van der Waals surface area contributed by atoms with E-state index in [1.165, 1.54) is 6.21 Å². The molecule has 2 N–H and O–H groups in total. The third-order valence-electron chi connectivity index (χ3n) is 3.18. The van der Waals surface area contributed by atoms with Crippen LogP contribution in [0.2, 0.25) is 0 Å². The van der Waals surface area contributed by atoms with Crippen molar-refractivity contribution in [1.29, 1.82) is 0 Å². The number of hydrogen-bond donors (Lipinski definition) is 2. The molecule has 0 aliphatic rings. The third kappa shape index (κ3) is 5.75. The molecule has 0 saturated carbocycles. The van der Waals surface area contributed by atoms with Gasteiger partial charge in [0.25, 0.3) is 5.91 Å². The summed E-state index contributed by atoms with van der Waals surface area (Å²) in [7, 11) is 3.13. The number of amides is 1. The minimum absolute atomic E-state index is 0.101. The van der Waals surface area contributed by atoms with E-state index < -0.39 is 0 Å². The van der Waals surface area contributed by atoms with E-state index in [0.717, 1.165) is 20.2 Å². The number of halogens is 2. The standard InChI is InChI=1S/C17H17Br2N3O3/c1-24-15-6-3-11(7-16(15)25-2)9-21-22-17(23)10-20-14-5-4-12(18)8-13(14)19/h3-9,20H,10H2,1-2H3,(H,22,23)/b21-9-. The maximum Gasteiger partial charge on any atom is 0.259 e. The molecule has 0 aromatic heterocycles. The van der Waals surface area contributed by atoms with Gasteiger partial charge in [-0.05, 0) is 57.9 Å². The monoisotopic (exact) mass is 469 g/mol. The van der Waals surface area contributed by atoms with Crippen molar-refractivity contribution in [3.63, 3.8) is 0 Å². The molecular formula is C17H17Br2N3O3. The van der Waals surface area contributed by atoms with Crippen LogP contribution in [0, 0.1) is 0 Å². The maximum atomic E-state index is 11.9. The Hall–Kier alpha value is -2.06. The van der Waals surface area contributed by atoms with Crippen LogP contribution in [0.1, 0.15) is 5.56 Å². The molecule has 0 heterocycles. The molecule has 0 aliphatic carbocycles. The molecule has 0 spiro atoms. The predicted octanol–water partition coefficient (Wildman–Crippen LogP) is 3.79. The summed E-state index contributed by atoms with van der Waals surface area (Å²) in [5.41, 5.74) is 4.07. The fourth-order valence-electron chi connectivity index (χ4n) is 1.96. The van der Waals surface area contributed by atoms with Crippen molar-refractivity contribution in [2.24, 2.45) is 5.10 Å². The highest BCUT2D eigenvalue weighted by Crippen LogP contribution is 2.27. The van der Waals surface area contributed by atoms with E-state index in [9.17, 15) is 4.79 Å². The molecule has 0 fully saturated rings. The first-order chi connectivity index (χ1) is 12.0. The molecule has 6 nitrogen and oxygen atoms in total. The highest BCUT2D eigenvalue weighted by Gasteiger charge is 2.05. The first-order valence-electron chi connectivity index (χ1n) is 7.26. The zero-order chi connectivity index (χ0) is 18.2. The molecule has 0 saturated heterocycles. The quantitative estimate of drug-likeness (QED) is 0.477. The van der Waals surface area contributed by atoms with Crippen molar-refractivity contribution in [2.45, 2.75) is 0 Å². The number of nitrogens with one attached hydrogen (secondary N) is 2. The van der Waals surface area contributed by atoms with Crippen LogP contribution in [-0.2, 0) is 4.79 Å². The Morgan fingerprint density at radius 1 is 1.12 bits per heavy atom. The Morgan fingerprint density at radius 2 is 1.88 bits per heavy atom. The van der Waals surface area contributed by atoms with Gasteiger partial charge in [0.05, 0.1) is 27.0 Å². The van der Waals surface area contributed by atoms with Crippen LogP contribution in [0.25, 0.3) is 0 Å². The van der Waals surface area contributed by atoms with Crippen molar-refractivity contribution in [3.8, 4) is 11.5 Å². The van der Waals surface area contributed by atoms with Crippen LogP contribution in [0.15, 0.2) is 50.4 Å². The van der Waals surface area contributed by atoms with Crippen molar-refractivity contribution in [1.82, 2.24) is 5.43 Å². The second-order valence-corrected chi connectivity index (χ2v) is 6.66. The number of carbonyl (C=O) groups excluding carboxylic acids is 1. The summed E-state index contributed by atoms with van der Waals surface area (Å²) < 4.78 is 12.2. The van der Waals surface area contributed by atoms with Gasteiger partial charge in [0.15, 0.2) is 11.5 Å². The fourth-order valence-corrected chi connectivity index (χ4v) is 3.15. The topological polar surface area (TPSA) is 72.0 Å². The second-order valence-electron chi connectivity index (χ2n) is 4.89. The van der Waals surface area contributed by atoms with Gasteiger partial charge in [-0.1, -0.05) is 15.9 Å². The van der Waals surface area contributed by atoms with Gasteiger partial charge in [0.2, 0.25) is 0 Å². The molecule has 2 aromatic carbocycles. The Labute approximate surface area is 162 Å². The number of benzene rings is 2. The summed E-state index contributed by atoms with van der Waals surface area (Å²) in [6, 6.07) is 11.0. The maximum absolute atomic E-state index is 11.9. The van der Waals surface area contributed by atoms with E-state index in [-0.39, 0.29) is 12.5 Å². The Balaban J connectivity index is 1.88. The molecule has 0 radical (unpaired) electrons. The first kappa shape index (κ1) is 19.3. The van der Waals surface area contributed by atoms with E-state index in [4.69, 9.17) is 9.47 Å². The Kier molecular flexibility index (Phi) is 7.27. The predicted molar refractivity (Wildman–Crippen MR) is 106 cm³/mol. The smallest absolute Gasteiger partial charge is 0.259 e. The number of methoxy groups -OCH3 is 2. The van der Waals surface area contributed by atoms with Gasteiger partial charge < -0.3 is 14.8 Å². The minimum atomic E-state index is -0.258. The van der Waals surface area contributed by atoms with Crippen LogP contribution in [0.3, 0.4) is 0 Å². The third-order valence-corrected chi connectivity index (χ3v) is 4.33. The molecule has 0 unspecified atom stereocenters. The number of nitrogens with zero attached hydrogens (tertiary/aromatic N) is 1. The molecule has 0 aliphatic heterocycles. The number of hydrazone groups is 1. The molecule has 0 bridgehead atoms. The summed E-state index contributed by atoms with van der Waals surface area (Å²) >= 11 is 6.81. The highest BCUT2D eigenvalue weighted by molar-refractivity contribution is 9.11. The highest BCUT2D eigenvalue weighted by atomic mass is 79.9. The molecule has 1 amide bonds. The van der Waals surface area contributed by atoms with Crippen LogP contribution in [0.4, 0.5) is 5.69 Å². The van der Waals surface area contributed by atoms with Gasteiger partial charge in [-0.25, -0.2) is 5.43 Å². The van der Waals surface area contributed by atoms with E-state index in [1.54, 1.807) is 26.4 Å². The summed E-state index contributed by atoms with van der Waals surface area (Å²) in [6.45, 7) is 0.101. The summed E-state index contributed by atoms with van der Waals surface area (Å²) in [5.74, 6) is 0.971. The fraction of sp³-hybridized carbons (Fsp3) is 0.176. The van der Waals surface area contributed by atoms with Gasteiger partial charge in [-0.2, -0.15) is 5.10 Å². The number of ether oxygens (including phenoxy) is 2. The van der Waals surface area contributed by atoms with Crippen LogP contribution < -0.4 is 20.2 Å². The van der Waals surface area contributed by atoms with Gasteiger partial charge in [-0.15, -0.1) is 0 Å². The van der Waals surface area contributed by atoms with Gasteiger partial charge in [-0.3, -0.25) is 4.79 Å². The SMILES string of the molecule is COc1ccc(/C=N\NC(=O)CNc2ccc(Br)cc2Br)cc1OC. The summed E-state index contributed by atoms with van der Waals surface area (Å²) in [6.07, 6.45) is 1.54. The lowest BCUT2D eigenvalue weighted by Crippen LogP contribution is -2.26. The zero-order valence-corrected chi connectivity index (χ0v) is 16.8. The molecule has 8 heteroatoms. The lowest BCUT2D eigenvalue weighted by molar-refractivity contribution is -0.119. The van der Waals surface area contributed by atoms with Gasteiger partial charge in [0, 0.05) is 14.6 Å². The Bertz CT molecular complexity index is 782. The van der Waals surface area contributed by atoms with E-state index >= 15 is 0 Å². The van der Waals surface area contributed by atoms with Crippen LogP contribution in [-0.4, -0.2) is 32.9 Å². The molecule has 25 heavy (non-hydrogen) atoms.